The second-order valence-corrected chi connectivity index (χ2v) is 7.12. The Kier molecular flexibility index (Phi) is 6.11. The van der Waals surface area contributed by atoms with Crippen molar-refractivity contribution in [2.24, 2.45) is 0 Å². The minimum Gasteiger partial charge on any atom is -0.496 e. The Bertz CT molecular complexity index is 1020. The number of anilines is 2. The Hall–Kier alpha value is -3.12. The second-order valence-electron chi connectivity index (χ2n) is 6.20. The number of benzene rings is 3. The summed E-state index contributed by atoms with van der Waals surface area (Å²) >= 11 is 3.36. The lowest BCUT2D eigenvalue weighted by Gasteiger charge is -2.11. The summed E-state index contributed by atoms with van der Waals surface area (Å²) in [6, 6.07) is 19.5. The van der Waals surface area contributed by atoms with Crippen LogP contribution in [0.2, 0.25) is 0 Å². The Morgan fingerprint density at radius 1 is 0.857 bits per heavy atom. The van der Waals surface area contributed by atoms with E-state index in [2.05, 4.69) is 26.6 Å². The zero-order chi connectivity index (χ0) is 20.1. The van der Waals surface area contributed by atoms with Crippen LogP contribution in [0.1, 0.15) is 26.3 Å². The molecule has 0 radical (unpaired) electrons. The fraction of sp³-hybridized carbons (Fsp3) is 0.0909. The number of aryl methyl sites for hydroxylation is 1. The standard InChI is InChI=1S/C22H19BrN2O3/c1-14-4-3-5-15(12-14)21(26)24-17-7-9-18(10-8-17)25-22(27)19-13-16(23)6-11-20(19)28-2/h3-13H,1-2H3,(H,24,26)(H,25,27). The highest BCUT2D eigenvalue weighted by molar-refractivity contribution is 9.10. The van der Waals surface area contributed by atoms with Crippen molar-refractivity contribution in [2.45, 2.75) is 6.92 Å². The van der Waals surface area contributed by atoms with Crippen LogP contribution in [0, 0.1) is 6.92 Å². The van der Waals surface area contributed by atoms with Gasteiger partial charge in [0.2, 0.25) is 0 Å². The Labute approximate surface area is 171 Å². The molecule has 3 rings (SSSR count). The van der Waals surface area contributed by atoms with Crippen LogP contribution in [0.5, 0.6) is 5.75 Å². The average molecular weight is 439 g/mol. The minimum absolute atomic E-state index is 0.181. The molecule has 0 unspecified atom stereocenters. The number of ether oxygens (including phenoxy) is 1. The maximum atomic E-state index is 12.5. The van der Waals surface area contributed by atoms with Crippen LogP contribution >= 0.6 is 15.9 Å². The van der Waals surface area contributed by atoms with Gasteiger partial charge in [0, 0.05) is 21.4 Å². The van der Waals surface area contributed by atoms with Crippen molar-refractivity contribution in [3.8, 4) is 5.75 Å². The number of amides is 2. The number of methoxy groups -OCH3 is 1. The fourth-order valence-corrected chi connectivity index (χ4v) is 3.04. The molecule has 2 amide bonds. The maximum absolute atomic E-state index is 12.5. The molecule has 0 heterocycles. The summed E-state index contributed by atoms with van der Waals surface area (Å²) < 4.78 is 6.03. The zero-order valence-corrected chi connectivity index (χ0v) is 17.0. The number of halogens is 1. The van der Waals surface area contributed by atoms with Crippen molar-refractivity contribution in [3.63, 3.8) is 0 Å². The lowest BCUT2D eigenvalue weighted by molar-refractivity contribution is 0.101. The van der Waals surface area contributed by atoms with Gasteiger partial charge in [0.15, 0.2) is 0 Å². The molecule has 0 spiro atoms. The molecule has 0 aliphatic carbocycles. The van der Waals surface area contributed by atoms with Gasteiger partial charge in [0.05, 0.1) is 12.7 Å². The second kappa shape index (κ2) is 8.71. The molecule has 142 valence electrons. The maximum Gasteiger partial charge on any atom is 0.259 e. The first-order valence-corrected chi connectivity index (χ1v) is 9.38. The van der Waals surface area contributed by atoms with Gasteiger partial charge in [-0.1, -0.05) is 33.6 Å². The van der Waals surface area contributed by atoms with Gasteiger partial charge in [-0.3, -0.25) is 9.59 Å². The molecule has 0 atom stereocenters. The van der Waals surface area contributed by atoms with Gasteiger partial charge in [0.25, 0.3) is 11.8 Å². The number of carbonyl (C=O) groups is 2. The van der Waals surface area contributed by atoms with Crippen molar-refractivity contribution in [1.29, 1.82) is 0 Å². The zero-order valence-electron chi connectivity index (χ0n) is 15.5. The Morgan fingerprint density at radius 3 is 2.11 bits per heavy atom. The first kappa shape index (κ1) is 19.6. The van der Waals surface area contributed by atoms with Crippen molar-refractivity contribution < 1.29 is 14.3 Å². The first-order valence-electron chi connectivity index (χ1n) is 8.59. The third kappa shape index (κ3) is 4.78. The van der Waals surface area contributed by atoms with E-state index in [-0.39, 0.29) is 11.8 Å². The molecule has 3 aromatic carbocycles. The number of rotatable bonds is 5. The molecule has 0 bridgehead atoms. The molecule has 3 aromatic rings. The summed E-state index contributed by atoms with van der Waals surface area (Å²) in [6.07, 6.45) is 0. The Balaban J connectivity index is 1.68. The highest BCUT2D eigenvalue weighted by Crippen LogP contribution is 2.24. The normalized spacial score (nSPS) is 10.2. The third-order valence-electron chi connectivity index (χ3n) is 4.09. The van der Waals surface area contributed by atoms with Gasteiger partial charge in [-0.25, -0.2) is 0 Å². The summed E-state index contributed by atoms with van der Waals surface area (Å²) in [5.74, 6) is 0.0248. The minimum atomic E-state index is -0.283. The van der Waals surface area contributed by atoms with Crippen molar-refractivity contribution in [3.05, 3.63) is 87.9 Å². The van der Waals surface area contributed by atoms with Gasteiger partial charge in [-0.15, -0.1) is 0 Å². The van der Waals surface area contributed by atoms with Crippen LogP contribution in [-0.2, 0) is 0 Å². The highest BCUT2D eigenvalue weighted by Gasteiger charge is 2.13. The van der Waals surface area contributed by atoms with Crippen LogP contribution in [-0.4, -0.2) is 18.9 Å². The van der Waals surface area contributed by atoms with E-state index in [1.807, 2.05) is 25.1 Å². The van der Waals surface area contributed by atoms with E-state index in [0.29, 0.717) is 28.3 Å². The smallest absolute Gasteiger partial charge is 0.259 e. The van der Waals surface area contributed by atoms with Crippen LogP contribution < -0.4 is 15.4 Å². The van der Waals surface area contributed by atoms with E-state index in [0.717, 1.165) is 10.0 Å². The molecule has 0 saturated heterocycles. The van der Waals surface area contributed by atoms with Gasteiger partial charge in [0.1, 0.15) is 5.75 Å². The third-order valence-corrected chi connectivity index (χ3v) is 4.58. The molecule has 0 aliphatic heterocycles. The lowest BCUT2D eigenvalue weighted by Crippen LogP contribution is -2.14. The molecule has 2 N–H and O–H groups in total. The van der Waals surface area contributed by atoms with Gasteiger partial charge in [-0.2, -0.15) is 0 Å². The van der Waals surface area contributed by atoms with Crippen molar-refractivity contribution in [1.82, 2.24) is 0 Å². The monoisotopic (exact) mass is 438 g/mol. The summed E-state index contributed by atoms with van der Waals surface area (Å²) in [5.41, 5.74) is 3.30. The van der Waals surface area contributed by atoms with Crippen LogP contribution in [0.4, 0.5) is 11.4 Å². The Morgan fingerprint density at radius 2 is 1.50 bits per heavy atom. The lowest BCUT2D eigenvalue weighted by atomic mass is 10.1. The SMILES string of the molecule is COc1ccc(Br)cc1C(=O)Nc1ccc(NC(=O)c2cccc(C)c2)cc1. The van der Waals surface area contributed by atoms with Gasteiger partial charge < -0.3 is 15.4 Å². The summed E-state index contributed by atoms with van der Waals surface area (Å²) in [4.78, 5) is 24.9. The summed E-state index contributed by atoms with van der Waals surface area (Å²) in [6.45, 7) is 1.94. The molecule has 0 aromatic heterocycles. The molecule has 0 aliphatic rings. The number of hydrogen-bond acceptors (Lipinski definition) is 3. The topological polar surface area (TPSA) is 67.4 Å². The average Bonchev–Trinajstić information content (AvgIpc) is 2.69. The molecule has 6 heteroatoms. The quantitative estimate of drug-likeness (QED) is 0.569. The molecule has 0 fully saturated rings. The van der Waals surface area contributed by atoms with E-state index in [9.17, 15) is 9.59 Å². The number of carbonyl (C=O) groups excluding carboxylic acids is 2. The van der Waals surface area contributed by atoms with Crippen LogP contribution in [0.25, 0.3) is 0 Å². The number of nitrogens with one attached hydrogen (secondary N) is 2. The van der Waals surface area contributed by atoms with Crippen molar-refractivity contribution >= 4 is 39.1 Å². The van der Waals surface area contributed by atoms with E-state index in [1.165, 1.54) is 7.11 Å². The fourth-order valence-electron chi connectivity index (χ4n) is 2.68. The van der Waals surface area contributed by atoms with E-state index in [1.54, 1.807) is 48.5 Å². The predicted molar refractivity (Wildman–Crippen MR) is 114 cm³/mol. The molecule has 5 nitrogen and oxygen atoms in total. The van der Waals surface area contributed by atoms with Crippen LogP contribution in [0.3, 0.4) is 0 Å². The summed E-state index contributed by atoms with van der Waals surface area (Å²) in [5, 5.41) is 5.67. The van der Waals surface area contributed by atoms with E-state index >= 15 is 0 Å². The highest BCUT2D eigenvalue weighted by atomic mass is 79.9. The molecule has 28 heavy (non-hydrogen) atoms. The van der Waals surface area contributed by atoms with E-state index < -0.39 is 0 Å². The molecule has 0 saturated carbocycles. The molecular formula is C22H19BrN2O3. The predicted octanol–water partition coefficient (Wildman–Crippen LogP) is 5.27. The summed E-state index contributed by atoms with van der Waals surface area (Å²) in [7, 11) is 1.52. The van der Waals surface area contributed by atoms with Gasteiger partial charge >= 0.3 is 0 Å². The largest absolute Gasteiger partial charge is 0.496 e. The first-order chi connectivity index (χ1) is 13.5. The molecular weight excluding hydrogens is 420 g/mol. The van der Waals surface area contributed by atoms with Gasteiger partial charge in [-0.05, 0) is 61.5 Å². The van der Waals surface area contributed by atoms with E-state index in [4.69, 9.17) is 4.74 Å². The number of hydrogen-bond donors (Lipinski definition) is 2. The van der Waals surface area contributed by atoms with Crippen LogP contribution in [0.15, 0.2) is 71.2 Å². The van der Waals surface area contributed by atoms with Crippen molar-refractivity contribution in [2.75, 3.05) is 17.7 Å².